The van der Waals surface area contributed by atoms with Crippen LogP contribution in [0.15, 0.2) is 54.6 Å². The first-order valence-electron chi connectivity index (χ1n) is 7.66. The lowest BCUT2D eigenvalue weighted by molar-refractivity contribution is 0.354. The van der Waals surface area contributed by atoms with E-state index in [9.17, 15) is 0 Å². The fourth-order valence-electron chi connectivity index (χ4n) is 2.78. The molecule has 0 spiro atoms. The van der Waals surface area contributed by atoms with E-state index in [-0.39, 0.29) is 0 Å². The highest BCUT2D eigenvalue weighted by atomic mass is 16.5. The first-order valence-corrected chi connectivity index (χ1v) is 7.66. The van der Waals surface area contributed by atoms with Crippen molar-refractivity contribution in [1.29, 1.82) is 0 Å². The summed E-state index contributed by atoms with van der Waals surface area (Å²) in [4.78, 5) is 0. The van der Waals surface area contributed by atoms with Crippen molar-refractivity contribution in [3.63, 3.8) is 0 Å². The second-order valence-electron chi connectivity index (χ2n) is 5.51. The van der Waals surface area contributed by atoms with E-state index in [1.807, 2.05) is 12.1 Å². The molecule has 0 heterocycles. The summed E-state index contributed by atoms with van der Waals surface area (Å²) in [6.45, 7) is 2.82. The molecule has 1 N–H and O–H groups in total. The molecule has 3 heteroatoms. The number of aryl methyl sites for hydroxylation is 1. The van der Waals surface area contributed by atoms with Crippen molar-refractivity contribution in [3.8, 4) is 11.5 Å². The van der Waals surface area contributed by atoms with Gasteiger partial charge in [0.25, 0.3) is 0 Å². The average molecular weight is 307 g/mol. The Morgan fingerprint density at radius 1 is 0.870 bits per heavy atom. The summed E-state index contributed by atoms with van der Waals surface area (Å²) >= 11 is 0. The van der Waals surface area contributed by atoms with Gasteiger partial charge in [-0.25, -0.2) is 0 Å². The number of anilines is 1. The zero-order valence-electron chi connectivity index (χ0n) is 13.7. The largest absolute Gasteiger partial charge is 0.493 e. The van der Waals surface area contributed by atoms with Crippen LogP contribution in [-0.4, -0.2) is 14.2 Å². The fraction of sp³-hybridized carbons (Fsp3) is 0.200. The van der Waals surface area contributed by atoms with Crippen LogP contribution in [0.3, 0.4) is 0 Å². The van der Waals surface area contributed by atoms with E-state index in [2.05, 4.69) is 54.7 Å². The molecule has 3 rings (SSSR count). The monoisotopic (exact) mass is 307 g/mol. The van der Waals surface area contributed by atoms with Crippen molar-refractivity contribution in [2.45, 2.75) is 13.5 Å². The van der Waals surface area contributed by atoms with E-state index in [0.717, 1.165) is 23.7 Å². The molecule has 0 aliphatic heterocycles. The maximum Gasteiger partial charge on any atom is 0.161 e. The third kappa shape index (κ3) is 3.09. The lowest BCUT2D eigenvalue weighted by atomic mass is 10.1. The fourth-order valence-corrected chi connectivity index (χ4v) is 2.78. The molecule has 0 radical (unpaired) electrons. The molecule has 0 saturated carbocycles. The number of methoxy groups -OCH3 is 2. The Morgan fingerprint density at radius 2 is 1.57 bits per heavy atom. The zero-order valence-corrected chi connectivity index (χ0v) is 13.7. The average Bonchev–Trinajstić information content (AvgIpc) is 2.60. The minimum Gasteiger partial charge on any atom is -0.493 e. The molecule has 0 bridgehead atoms. The van der Waals surface area contributed by atoms with Crippen molar-refractivity contribution in [3.05, 3.63) is 65.7 Å². The summed E-state index contributed by atoms with van der Waals surface area (Å²) in [5, 5.41) is 6.00. The normalized spacial score (nSPS) is 10.6. The second-order valence-corrected chi connectivity index (χ2v) is 5.51. The highest BCUT2D eigenvalue weighted by Crippen LogP contribution is 2.31. The van der Waals surface area contributed by atoms with Gasteiger partial charge in [0.15, 0.2) is 11.5 Å². The first-order chi connectivity index (χ1) is 11.2. The summed E-state index contributed by atoms with van der Waals surface area (Å²) in [6.07, 6.45) is 0. The van der Waals surface area contributed by atoms with E-state index >= 15 is 0 Å². The Labute approximate surface area is 136 Å². The van der Waals surface area contributed by atoms with E-state index in [1.54, 1.807) is 14.2 Å². The van der Waals surface area contributed by atoms with Gasteiger partial charge in [-0.1, -0.05) is 36.4 Å². The SMILES string of the molecule is COc1cc(C)c(CNc2cccc3ccccc23)cc1OC. The van der Waals surface area contributed by atoms with Gasteiger partial charge in [-0.2, -0.15) is 0 Å². The van der Waals surface area contributed by atoms with Crippen LogP contribution in [0, 0.1) is 6.92 Å². The Kier molecular flexibility index (Phi) is 4.38. The van der Waals surface area contributed by atoms with Crippen molar-refractivity contribution in [1.82, 2.24) is 0 Å². The smallest absolute Gasteiger partial charge is 0.161 e. The predicted octanol–water partition coefficient (Wildman–Crippen LogP) is 4.78. The summed E-state index contributed by atoms with van der Waals surface area (Å²) in [7, 11) is 3.32. The minimum atomic E-state index is 0.736. The Balaban J connectivity index is 1.88. The van der Waals surface area contributed by atoms with Crippen LogP contribution in [0.4, 0.5) is 5.69 Å². The number of hydrogen-bond acceptors (Lipinski definition) is 3. The third-order valence-corrected chi connectivity index (χ3v) is 4.10. The molecule has 0 amide bonds. The molecular formula is C20H21NO2. The van der Waals surface area contributed by atoms with Crippen LogP contribution < -0.4 is 14.8 Å². The van der Waals surface area contributed by atoms with Crippen LogP contribution in [0.2, 0.25) is 0 Å². The first kappa shape index (κ1) is 15.2. The predicted molar refractivity (Wildman–Crippen MR) is 95.6 cm³/mol. The van der Waals surface area contributed by atoms with Crippen LogP contribution in [0.1, 0.15) is 11.1 Å². The van der Waals surface area contributed by atoms with E-state index in [4.69, 9.17) is 9.47 Å². The standard InChI is InChI=1S/C20H21NO2/c1-14-11-19(22-2)20(23-3)12-16(14)13-21-18-10-6-8-15-7-4-5-9-17(15)18/h4-12,21H,13H2,1-3H3. The molecule has 0 atom stereocenters. The Bertz CT molecular complexity index is 822. The summed E-state index contributed by atoms with van der Waals surface area (Å²) in [5.41, 5.74) is 3.50. The molecule has 0 aliphatic carbocycles. The molecule has 0 aliphatic rings. The van der Waals surface area contributed by atoms with Crippen LogP contribution in [-0.2, 0) is 6.54 Å². The molecule has 0 fully saturated rings. The summed E-state index contributed by atoms with van der Waals surface area (Å²) in [6, 6.07) is 18.7. The molecule has 3 nitrogen and oxygen atoms in total. The minimum absolute atomic E-state index is 0.736. The Hall–Kier alpha value is -2.68. The second kappa shape index (κ2) is 6.61. The van der Waals surface area contributed by atoms with Crippen molar-refractivity contribution in [2.24, 2.45) is 0 Å². The maximum atomic E-state index is 5.40. The quantitative estimate of drug-likeness (QED) is 0.736. The number of nitrogens with one attached hydrogen (secondary N) is 1. The number of rotatable bonds is 5. The van der Waals surface area contributed by atoms with Crippen LogP contribution in [0.25, 0.3) is 10.8 Å². The van der Waals surface area contributed by atoms with Crippen LogP contribution in [0.5, 0.6) is 11.5 Å². The van der Waals surface area contributed by atoms with E-state index in [0.29, 0.717) is 0 Å². The highest BCUT2D eigenvalue weighted by molar-refractivity contribution is 5.93. The molecule has 0 saturated heterocycles. The van der Waals surface area contributed by atoms with Crippen LogP contribution >= 0.6 is 0 Å². The molecule has 0 aromatic heterocycles. The van der Waals surface area contributed by atoms with Crippen molar-refractivity contribution in [2.75, 3.05) is 19.5 Å². The van der Waals surface area contributed by atoms with Gasteiger partial charge in [-0.15, -0.1) is 0 Å². The van der Waals surface area contributed by atoms with E-state index in [1.165, 1.54) is 21.9 Å². The third-order valence-electron chi connectivity index (χ3n) is 4.10. The van der Waals surface area contributed by atoms with Gasteiger partial charge in [0, 0.05) is 17.6 Å². The number of benzene rings is 3. The summed E-state index contributed by atoms with van der Waals surface area (Å²) < 4.78 is 10.7. The Morgan fingerprint density at radius 3 is 2.35 bits per heavy atom. The van der Waals surface area contributed by atoms with Gasteiger partial charge < -0.3 is 14.8 Å². The number of ether oxygens (including phenoxy) is 2. The lowest BCUT2D eigenvalue weighted by Gasteiger charge is -2.15. The van der Waals surface area contributed by atoms with Gasteiger partial charge in [-0.05, 0) is 41.6 Å². The lowest BCUT2D eigenvalue weighted by Crippen LogP contribution is -2.03. The highest BCUT2D eigenvalue weighted by Gasteiger charge is 2.09. The maximum absolute atomic E-state index is 5.40. The van der Waals surface area contributed by atoms with Gasteiger partial charge in [0.1, 0.15) is 0 Å². The van der Waals surface area contributed by atoms with Crippen molar-refractivity contribution < 1.29 is 9.47 Å². The molecule has 3 aromatic rings. The molecule has 118 valence electrons. The molecular weight excluding hydrogens is 286 g/mol. The number of fused-ring (bicyclic) bond motifs is 1. The number of hydrogen-bond donors (Lipinski definition) is 1. The summed E-state index contributed by atoms with van der Waals surface area (Å²) in [5.74, 6) is 1.52. The van der Waals surface area contributed by atoms with Crippen molar-refractivity contribution >= 4 is 16.5 Å². The van der Waals surface area contributed by atoms with Gasteiger partial charge >= 0.3 is 0 Å². The van der Waals surface area contributed by atoms with Gasteiger partial charge in [0.05, 0.1) is 14.2 Å². The topological polar surface area (TPSA) is 30.5 Å². The van der Waals surface area contributed by atoms with Gasteiger partial charge in [-0.3, -0.25) is 0 Å². The molecule has 23 heavy (non-hydrogen) atoms. The van der Waals surface area contributed by atoms with E-state index < -0.39 is 0 Å². The van der Waals surface area contributed by atoms with Gasteiger partial charge in [0.2, 0.25) is 0 Å². The molecule has 0 unspecified atom stereocenters. The zero-order chi connectivity index (χ0) is 16.2. The molecule has 3 aromatic carbocycles.